The van der Waals surface area contributed by atoms with E-state index < -0.39 is 11.4 Å². The summed E-state index contributed by atoms with van der Waals surface area (Å²) in [4.78, 5) is 40.2. The first-order valence-corrected chi connectivity index (χ1v) is 16.7. The van der Waals surface area contributed by atoms with Crippen LogP contribution in [0.3, 0.4) is 0 Å². The lowest BCUT2D eigenvalue weighted by Gasteiger charge is -2.58. The van der Waals surface area contributed by atoms with Gasteiger partial charge in [-0.25, -0.2) is 9.18 Å². The first-order chi connectivity index (χ1) is 22.7. The Morgan fingerprint density at radius 3 is 2.58 bits per heavy atom. The fourth-order valence-corrected chi connectivity index (χ4v) is 6.80. The van der Waals surface area contributed by atoms with E-state index in [0.29, 0.717) is 45.0 Å². The summed E-state index contributed by atoms with van der Waals surface area (Å²) in [6, 6.07) is 5.63. The molecule has 256 valence electrons. The van der Waals surface area contributed by atoms with Crippen LogP contribution in [0, 0.1) is 11.2 Å². The molecule has 48 heavy (non-hydrogen) atoms. The number of anilines is 1. The highest BCUT2D eigenvalue weighted by molar-refractivity contribution is 6.28. The molecule has 1 aliphatic carbocycles. The Kier molecular flexibility index (Phi) is 9.10. The van der Waals surface area contributed by atoms with Gasteiger partial charge in [0.05, 0.1) is 17.8 Å². The van der Waals surface area contributed by atoms with Crippen molar-refractivity contribution in [2.75, 3.05) is 31.1 Å². The number of amides is 2. The van der Waals surface area contributed by atoms with Gasteiger partial charge in [0.1, 0.15) is 29.0 Å². The van der Waals surface area contributed by atoms with Crippen LogP contribution in [-0.4, -0.2) is 85.9 Å². The monoisotopic (exact) mass is 681 g/mol. The van der Waals surface area contributed by atoms with Crippen molar-refractivity contribution in [3.8, 4) is 17.4 Å². The van der Waals surface area contributed by atoms with Crippen molar-refractivity contribution in [2.45, 2.75) is 85.1 Å². The molecule has 0 N–H and O–H groups in total. The predicted octanol–water partition coefficient (Wildman–Crippen LogP) is 6.06. The van der Waals surface area contributed by atoms with E-state index in [4.69, 9.17) is 25.8 Å². The van der Waals surface area contributed by atoms with Crippen molar-refractivity contribution in [3.63, 3.8) is 0 Å². The normalized spacial score (nSPS) is 17.0. The minimum atomic E-state index is -0.561. The van der Waals surface area contributed by atoms with Crippen molar-refractivity contribution in [2.24, 2.45) is 5.41 Å². The number of aromatic nitrogens is 4. The molecule has 0 atom stereocenters. The minimum Gasteiger partial charge on any atom is -0.490 e. The van der Waals surface area contributed by atoms with Crippen molar-refractivity contribution >= 4 is 29.4 Å². The van der Waals surface area contributed by atoms with E-state index >= 15 is 0 Å². The van der Waals surface area contributed by atoms with Gasteiger partial charge in [-0.05, 0) is 96.7 Å². The van der Waals surface area contributed by atoms with Crippen molar-refractivity contribution in [3.05, 3.63) is 58.4 Å². The number of carbonyl (C=O) groups excluding carboxylic acids is 2. The second kappa shape index (κ2) is 13.0. The number of ether oxygens (including phenoxy) is 3. The molecule has 1 saturated carbocycles. The lowest BCUT2D eigenvalue weighted by atomic mass is 9.61. The topological polar surface area (TPSA) is 123 Å². The summed E-state index contributed by atoms with van der Waals surface area (Å²) in [5, 5.41) is 7.98. The number of rotatable bonds is 8. The van der Waals surface area contributed by atoms with E-state index in [2.05, 4.69) is 20.2 Å². The van der Waals surface area contributed by atoms with Gasteiger partial charge >= 0.3 is 6.09 Å². The Morgan fingerprint density at radius 1 is 1.15 bits per heavy atom. The summed E-state index contributed by atoms with van der Waals surface area (Å²) in [6.45, 7) is 14.0. The molecule has 6 rings (SSSR count). The number of halogens is 2. The fraction of sp³-hybridized carbons (Fsp3) is 0.529. The third kappa shape index (κ3) is 6.96. The molecule has 4 heterocycles. The van der Waals surface area contributed by atoms with E-state index in [9.17, 15) is 14.0 Å². The van der Waals surface area contributed by atoms with Gasteiger partial charge in [-0.15, -0.1) is 10.2 Å². The van der Waals surface area contributed by atoms with E-state index in [1.54, 1.807) is 16.0 Å². The average Bonchev–Trinajstić information content (AvgIpc) is 2.98. The molecular weight excluding hydrogens is 641 g/mol. The first kappa shape index (κ1) is 33.6. The smallest absolute Gasteiger partial charge is 0.410 e. The Hall–Kier alpha value is -4.26. The maximum absolute atomic E-state index is 14.3. The van der Waals surface area contributed by atoms with Gasteiger partial charge in [-0.2, -0.15) is 4.98 Å². The second-order valence-electron chi connectivity index (χ2n) is 14.0. The van der Waals surface area contributed by atoms with Gasteiger partial charge in [0, 0.05) is 49.4 Å². The minimum absolute atomic E-state index is 0.0341. The highest BCUT2D eigenvalue weighted by Gasteiger charge is 2.54. The standard InChI is InChI=1S/C34H41ClFN7O5/c1-7-43(20(2)3)30(44)24-14-21(36)8-9-26(24)47-29-28(38-31(35)40-39-29)42-18-34(19-42)15-22(16-34)46-27-10-12-37-25-17-41(13-11-23(25)27)32(45)48-33(4,5)6/h8-10,12,14,20,22H,7,11,13,15-19H2,1-6H3. The van der Waals surface area contributed by atoms with Gasteiger partial charge in [-0.3, -0.25) is 9.78 Å². The summed E-state index contributed by atoms with van der Waals surface area (Å²) in [5.41, 5.74) is 1.42. The van der Waals surface area contributed by atoms with Gasteiger partial charge in [-0.1, -0.05) is 0 Å². The SMILES string of the molecule is CCN(C(=O)c1cc(F)ccc1Oc1nnc(Cl)nc1N1CC2(CC(Oc3ccnc4c3CCN(C(=O)OC(C)(C)C)C4)C2)C1)C(C)C. The molecule has 0 unspecified atom stereocenters. The van der Waals surface area contributed by atoms with Gasteiger partial charge < -0.3 is 28.9 Å². The number of carbonyl (C=O) groups is 2. The molecule has 2 aliphatic heterocycles. The molecule has 1 saturated heterocycles. The highest BCUT2D eigenvalue weighted by atomic mass is 35.5. The van der Waals surface area contributed by atoms with Crippen LogP contribution in [0.4, 0.5) is 15.0 Å². The zero-order valence-corrected chi connectivity index (χ0v) is 28.9. The van der Waals surface area contributed by atoms with E-state index in [-0.39, 0.29) is 52.0 Å². The first-order valence-electron chi connectivity index (χ1n) is 16.3. The van der Waals surface area contributed by atoms with Crippen LogP contribution in [0.5, 0.6) is 17.4 Å². The average molecular weight is 682 g/mol. The summed E-state index contributed by atoms with van der Waals surface area (Å²) in [5.74, 6) is 0.554. The van der Waals surface area contributed by atoms with Crippen molar-refractivity contribution < 1.29 is 28.2 Å². The maximum atomic E-state index is 14.3. The van der Waals surface area contributed by atoms with Crippen LogP contribution < -0.4 is 14.4 Å². The molecule has 0 radical (unpaired) electrons. The van der Waals surface area contributed by atoms with Crippen LogP contribution >= 0.6 is 11.6 Å². The predicted molar refractivity (Wildman–Crippen MR) is 176 cm³/mol. The number of hydrogen-bond acceptors (Lipinski definition) is 10. The van der Waals surface area contributed by atoms with Crippen molar-refractivity contribution in [1.29, 1.82) is 0 Å². The van der Waals surface area contributed by atoms with Crippen LogP contribution in [0.2, 0.25) is 5.28 Å². The fourth-order valence-electron chi connectivity index (χ4n) is 6.68. The number of benzene rings is 1. The van der Waals surface area contributed by atoms with Gasteiger partial charge in [0.15, 0.2) is 5.82 Å². The summed E-state index contributed by atoms with van der Waals surface area (Å²) in [7, 11) is 0. The third-order valence-corrected chi connectivity index (χ3v) is 9.07. The zero-order valence-electron chi connectivity index (χ0n) is 28.1. The molecule has 0 bridgehead atoms. The Morgan fingerprint density at radius 2 is 1.90 bits per heavy atom. The zero-order chi connectivity index (χ0) is 34.4. The largest absolute Gasteiger partial charge is 0.490 e. The number of fused-ring (bicyclic) bond motifs is 1. The molecule has 2 fully saturated rings. The molecule has 2 amide bonds. The van der Waals surface area contributed by atoms with E-state index in [0.717, 1.165) is 29.8 Å². The lowest BCUT2D eigenvalue weighted by Crippen LogP contribution is -2.65. The van der Waals surface area contributed by atoms with Crippen LogP contribution in [0.25, 0.3) is 0 Å². The van der Waals surface area contributed by atoms with Gasteiger partial charge in [0.2, 0.25) is 5.28 Å². The Labute approximate surface area is 284 Å². The molecule has 14 heteroatoms. The number of pyridine rings is 1. The van der Waals surface area contributed by atoms with E-state index in [1.165, 1.54) is 18.2 Å². The number of hydrogen-bond donors (Lipinski definition) is 0. The third-order valence-electron chi connectivity index (χ3n) is 8.91. The van der Waals surface area contributed by atoms with E-state index in [1.807, 2.05) is 52.5 Å². The molecule has 1 aromatic carbocycles. The number of nitrogens with zero attached hydrogens (tertiary/aromatic N) is 7. The molecule has 2 aromatic heterocycles. The molecule has 3 aromatic rings. The van der Waals surface area contributed by atoms with Crippen LogP contribution in [0.1, 0.15) is 76.0 Å². The summed E-state index contributed by atoms with van der Waals surface area (Å²) < 4.78 is 32.4. The maximum Gasteiger partial charge on any atom is 0.410 e. The Balaban J connectivity index is 1.10. The van der Waals surface area contributed by atoms with Gasteiger partial charge in [0.25, 0.3) is 11.8 Å². The highest BCUT2D eigenvalue weighted by Crippen LogP contribution is 2.52. The van der Waals surface area contributed by atoms with Crippen LogP contribution in [0.15, 0.2) is 30.5 Å². The molecule has 1 spiro atoms. The lowest BCUT2D eigenvalue weighted by molar-refractivity contribution is -0.0352. The summed E-state index contributed by atoms with van der Waals surface area (Å²) >= 11 is 6.16. The summed E-state index contributed by atoms with van der Waals surface area (Å²) in [6.07, 6.45) is 3.77. The molecule has 3 aliphatic rings. The Bertz CT molecular complexity index is 1700. The molecule has 12 nitrogen and oxygen atoms in total. The van der Waals surface area contributed by atoms with Crippen molar-refractivity contribution in [1.82, 2.24) is 30.0 Å². The quantitative estimate of drug-likeness (QED) is 0.277. The molecular formula is C34H41ClFN7O5. The van der Waals surface area contributed by atoms with Crippen LogP contribution in [-0.2, 0) is 17.7 Å². The second-order valence-corrected chi connectivity index (χ2v) is 14.4.